The van der Waals surface area contributed by atoms with Crippen LogP contribution in [-0.4, -0.2) is 16.1 Å². The number of aromatic carboxylic acids is 1. The van der Waals surface area contributed by atoms with Crippen LogP contribution in [0.25, 0.3) is 22.0 Å². The second-order valence-corrected chi connectivity index (χ2v) is 4.85. The topological polar surface area (TPSA) is 50.2 Å². The van der Waals surface area contributed by atoms with Gasteiger partial charge in [0, 0.05) is 22.2 Å². The molecule has 3 nitrogen and oxygen atoms in total. The summed E-state index contributed by atoms with van der Waals surface area (Å²) in [7, 11) is 0. The van der Waals surface area contributed by atoms with Crippen LogP contribution in [0.1, 0.15) is 10.4 Å². The lowest BCUT2D eigenvalue weighted by molar-refractivity contribution is 0.0697. The van der Waals surface area contributed by atoms with Crippen LogP contribution in [0.2, 0.25) is 5.02 Å². The second-order valence-electron chi connectivity index (χ2n) is 4.41. The molecule has 1 N–H and O–H groups in total. The zero-order chi connectivity index (χ0) is 14.1. The number of aromatic nitrogens is 1. The van der Waals surface area contributed by atoms with E-state index in [1.807, 2.05) is 30.3 Å². The Hall–Kier alpha value is -2.39. The van der Waals surface area contributed by atoms with Crippen molar-refractivity contribution in [2.75, 3.05) is 0 Å². The summed E-state index contributed by atoms with van der Waals surface area (Å²) in [6.45, 7) is 0. The highest BCUT2D eigenvalue weighted by Gasteiger charge is 2.13. The maximum Gasteiger partial charge on any atom is 0.336 e. The van der Waals surface area contributed by atoms with Crippen molar-refractivity contribution in [1.82, 2.24) is 4.98 Å². The Labute approximate surface area is 120 Å². The van der Waals surface area contributed by atoms with E-state index in [0.717, 1.165) is 16.5 Å². The quantitative estimate of drug-likeness (QED) is 0.765. The summed E-state index contributed by atoms with van der Waals surface area (Å²) in [6, 6.07) is 14.5. The summed E-state index contributed by atoms with van der Waals surface area (Å²) in [6.07, 6.45) is 1.68. The number of nitrogens with zero attached hydrogens (tertiary/aromatic N) is 1. The number of hydrogen-bond donors (Lipinski definition) is 1. The van der Waals surface area contributed by atoms with Crippen molar-refractivity contribution in [1.29, 1.82) is 0 Å². The molecule has 0 amide bonds. The Kier molecular flexibility index (Phi) is 3.12. The van der Waals surface area contributed by atoms with Crippen LogP contribution < -0.4 is 0 Å². The van der Waals surface area contributed by atoms with E-state index < -0.39 is 5.97 Å². The molecule has 1 heterocycles. The third-order valence-corrected chi connectivity index (χ3v) is 3.35. The van der Waals surface area contributed by atoms with Gasteiger partial charge in [0.1, 0.15) is 0 Å². The molecular weight excluding hydrogens is 274 g/mol. The molecule has 98 valence electrons. The summed E-state index contributed by atoms with van der Waals surface area (Å²) in [5.74, 6) is -1.00. The number of fused-ring (bicyclic) bond motifs is 1. The van der Waals surface area contributed by atoms with Gasteiger partial charge in [-0.1, -0.05) is 35.9 Å². The number of benzene rings is 2. The predicted molar refractivity (Wildman–Crippen MR) is 79.1 cm³/mol. The molecule has 0 unspecified atom stereocenters. The van der Waals surface area contributed by atoms with Gasteiger partial charge < -0.3 is 5.11 Å². The average Bonchev–Trinajstić information content (AvgIpc) is 2.46. The lowest BCUT2D eigenvalue weighted by Gasteiger charge is -2.07. The van der Waals surface area contributed by atoms with Crippen molar-refractivity contribution in [2.24, 2.45) is 0 Å². The number of carboxylic acid groups (broad SMARTS) is 1. The highest BCUT2D eigenvalue weighted by molar-refractivity contribution is 6.31. The second kappa shape index (κ2) is 4.94. The Balaban J connectivity index is 2.22. The highest BCUT2D eigenvalue weighted by atomic mass is 35.5. The van der Waals surface area contributed by atoms with E-state index in [0.29, 0.717) is 10.6 Å². The van der Waals surface area contributed by atoms with Crippen LogP contribution in [0.5, 0.6) is 0 Å². The monoisotopic (exact) mass is 283 g/mol. The molecule has 1 aromatic heterocycles. The fourth-order valence-electron chi connectivity index (χ4n) is 2.16. The molecule has 0 aliphatic rings. The largest absolute Gasteiger partial charge is 0.478 e. The van der Waals surface area contributed by atoms with Crippen molar-refractivity contribution in [2.45, 2.75) is 0 Å². The van der Waals surface area contributed by atoms with Gasteiger partial charge in [-0.2, -0.15) is 0 Å². The van der Waals surface area contributed by atoms with Gasteiger partial charge >= 0.3 is 5.97 Å². The maximum absolute atomic E-state index is 11.3. The molecule has 4 heteroatoms. The first-order valence-corrected chi connectivity index (χ1v) is 6.41. The average molecular weight is 284 g/mol. The van der Waals surface area contributed by atoms with Crippen LogP contribution in [0, 0.1) is 0 Å². The lowest BCUT2D eigenvalue weighted by Crippen LogP contribution is -1.99. The van der Waals surface area contributed by atoms with Crippen LogP contribution in [0.15, 0.2) is 54.7 Å². The van der Waals surface area contributed by atoms with Crippen molar-refractivity contribution >= 4 is 28.5 Å². The van der Waals surface area contributed by atoms with E-state index in [4.69, 9.17) is 11.6 Å². The summed E-state index contributed by atoms with van der Waals surface area (Å²) < 4.78 is 0. The van der Waals surface area contributed by atoms with E-state index in [2.05, 4.69) is 4.98 Å². The Morgan fingerprint density at radius 2 is 1.90 bits per heavy atom. The zero-order valence-corrected chi connectivity index (χ0v) is 11.1. The van der Waals surface area contributed by atoms with E-state index in [9.17, 15) is 9.90 Å². The van der Waals surface area contributed by atoms with E-state index in [1.165, 1.54) is 6.07 Å². The van der Waals surface area contributed by atoms with Gasteiger partial charge in [0.2, 0.25) is 0 Å². The van der Waals surface area contributed by atoms with Gasteiger partial charge in [-0.3, -0.25) is 4.98 Å². The molecule has 0 bridgehead atoms. The van der Waals surface area contributed by atoms with Crippen LogP contribution >= 0.6 is 11.6 Å². The minimum atomic E-state index is -1.00. The van der Waals surface area contributed by atoms with Crippen molar-refractivity contribution < 1.29 is 9.90 Å². The standard InChI is InChI=1S/C16H10ClNO2/c17-12-5-6-13(14(8-12)16(19)20)11-7-10-3-1-2-4-15(10)18-9-11/h1-9H,(H,19,20). The Bertz CT molecular complexity index is 814. The van der Waals surface area contributed by atoms with Gasteiger partial charge in [0.05, 0.1) is 11.1 Å². The molecule has 20 heavy (non-hydrogen) atoms. The predicted octanol–water partition coefficient (Wildman–Crippen LogP) is 4.25. The number of carboxylic acids is 1. The molecule has 0 aliphatic heterocycles. The third-order valence-electron chi connectivity index (χ3n) is 3.11. The number of pyridine rings is 1. The van der Waals surface area contributed by atoms with Crippen molar-refractivity contribution in [3.05, 3.63) is 65.3 Å². The molecule has 0 saturated heterocycles. The summed E-state index contributed by atoms with van der Waals surface area (Å²) in [4.78, 5) is 15.7. The van der Waals surface area contributed by atoms with Gasteiger partial charge in [-0.25, -0.2) is 4.79 Å². The van der Waals surface area contributed by atoms with Gasteiger partial charge in [-0.05, 0) is 29.8 Å². The lowest BCUT2D eigenvalue weighted by atomic mass is 10.00. The fraction of sp³-hybridized carbons (Fsp3) is 0. The molecule has 0 saturated carbocycles. The normalized spacial score (nSPS) is 10.7. The molecular formula is C16H10ClNO2. The molecule has 3 rings (SSSR count). The molecule has 3 aromatic rings. The number of hydrogen-bond acceptors (Lipinski definition) is 2. The van der Waals surface area contributed by atoms with E-state index >= 15 is 0 Å². The van der Waals surface area contributed by atoms with Crippen LogP contribution in [0.4, 0.5) is 0 Å². The zero-order valence-electron chi connectivity index (χ0n) is 10.4. The van der Waals surface area contributed by atoms with Crippen molar-refractivity contribution in [3.63, 3.8) is 0 Å². The number of carbonyl (C=O) groups is 1. The first-order valence-electron chi connectivity index (χ1n) is 6.03. The first kappa shape index (κ1) is 12.6. The number of rotatable bonds is 2. The third kappa shape index (κ3) is 2.24. The van der Waals surface area contributed by atoms with E-state index in [1.54, 1.807) is 18.3 Å². The first-order chi connectivity index (χ1) is 9.65. The summed E-state index contributed by atoms with van der Waals surface area (Å²) in [5, 5.41) is 10.7. The fourth-order valence-corrected chi connectivity index (χ4v) is 2.34. The number of halogens is 1. The van der Waals surface area contributed by atoms with Gasteiger partial charge in [0.25, 0.3) is 0 Å². The molecule has 0 atom stereocenters. The molecule has 0 fully saturated rings. The smallest absolute Gasteiger partial charge is 0.336 e. The van der Waals surface area contributed by atoms with E-state index in [-0.39, 0.29) is 5.56 Å². The Morgan fingerprint density at radius 3 is 2.70 bits per heavy atom. The summed E-state index contributed by atoms with van der Waals surface area (Å²) in [5.41, 5.74) is 2.43. The minimum Gasteiger partial charge on any atom is -0.478 e. The van der Waals surface area contributed by atoms with Gasteiger partial charge in [0.15, 0.2) is 0 Å². The highest BCUT2D eigenvalue weighted by Crippen LogP contribution is 2.28. The van der Waals surface area contributed by atoms with Crippen LogP contribution in [0.3, 0.4) is 0 Å². The molecule has 0 spiro atoms. The van der Waals surface area contributed by atoms with Crippen molar-refractivity contribution in [3.8, 4) is 11.1 Å². The summed E-state index contributed by atoms with van der Waals surface area (Å²) >= 11 is 5.86. The van der Waals surface area contributed by atoms with Crippen LogP contribution in [-0.2, 0) is 0 Å². The molecule has 0 aliphatic carbocycles. The maximum atomic E-state index is 11.3. The molecule has 2 aromatic carbocycles. The minimum absolute atomic E-state index is 0.176. The Morgan fingerprint density at radius 1 is 1.10 bits per heavy atom. The molecule has 0 radical (unpaired) electrons. The number of para-hydroxylation sites is 1. The SMILES string of the molecule is O=C(O)c1cc(Cl)ccc1-c1cnc2ccccc2c1. The van der Waals surface area contributed by atoms with Gasteiger partial charge in [-0.15, -0.1) is 0 Å².